The fourth-order valence-corrected chi connectivity index (χ4v) is 2.01. The van der Waals surface area contributed by atoms with Crippen LogP contribution in [0.2, 0.25) is 0 Å². The smallest absolute Gasteiger partial charge is 0.270 e. The Bertz CT molecular complexity index is 617. The molecule has 0 unspecified atom stereocenters. The van der Waals surface area contributed by atoms with Crippen LogP contribution in [0, 0.1) is 10.1 Å². The number of anilines is 1. The predicted octanol–water partition coefficient (Wildman–Crippen LogP) is 3.52. The molecule has 0 spiro atoms. The van der Waals surface area contributed by atoms with E-state index in [9.17, 15) is 10.1 Å². The van der Waals surface area contributed by atoms with E-state index in [4.69, 9.17) is 10.5 Å². The summed E-state index contributed by atoms with van der Waals surface area (Å²) in [7, 11) is 0. The highest BCUT2D eigenvalue weighted by Gasteiger charge is 2.09. The summed E-state index contributed by atoms with van der Waals surface area (Å²) in [6.45, 7) is 0.308. The number of hydrogen-bond acceptors (Lipinski definition) is 4. The summed E-state index contributed by atoms with van der Waals surface area (Å²) in [6, 6.07) is 11.7. The lowest BCUT2D eigenvalue weighted by Crippen LogP contribution is -1.98. The van der Waals surface area contributed by atoms with Gasteiger partial charge < -0.3 is 10.5 Å². The van der Waals surface area contributed by atoms with Gasteiger partial charge in [0.1, 0.15) is 12.4 Å². The number of nitrogen functional groups attached to an aromatic ring is 1. The van der Waals surface area contributed by atoms with Crippen molar-refractivity contribution in [3.8, 4) is 5.75 Å². The molecule has 5 nitrogen and oxygen atoms in total. The molecule has 19 heavy (non-hydrogen) atoms. The number of rotatable bonds is 4. The van der Waals surface area contributed by atoms with Crippen LogP contribution >= 0.6 is 15.9 Å². The van der Waals surface area contributed by atoms with Crippen LogP contribution in [0.5, 0.6) is 5.75 Å². The van der Waals surface area contributed by atoms with Gasteiger partial charge in [-0.2, -0.15) is 0 Å². The third kappa shape index (κ3) is 3.45. The first-order valence-corrected chi connectivity index (χ1v) is 6.27. The lowest BCUT2D eigenvalue weighted by molar-refractivity contribution is -0.384. The molecule has 2 N–H and O–H groups in total. The van der Waals surface area contributed by atoms with Crippen molar-refractivity contribution in [1.82, 2.24) is 0 Å². The summed E-state index contributed by atoms with van der Waals surface area (Å²) in [5.74, 6) is 0.658. The lowest BCUT2D eigenvalue weighted by Gasteiger charge is -2.08. The molecule has 0 aliphatic rings. The van der Waals surface area contributed by atoms with Crippen molar-refractivity contribution in [2.75, 3.05) is 5.73 Å². The topological polar surface area (TPSA) is 78.4 Å². The number of benzene rings is 2. The average Bonchev–Trinajstić information content (AvgIpc) is 2.37. The van der Waals surface area contributed by atoms with Gasteiger partial charge in [-0.1, -0.05) is 22.0 Å². The van der Waals surface area contributed by atoms with E-state index in [1.807, 2.05) is 0 Å². The van der Waals surface area contributed by atoms with E-state index >= 15 is 0 Å². The molecule has 0 aliphatic heterocycles. The first-order chi connectivity index (χ1) is 9.06. The molecule has 98 valence electrons. The van der Waals surface area contributed by atoms with Gasteiger partial charge in [0.2, 0.25) is 0 Å². The highest BCUT2D eigenvalue weighted by molar-refractivity contribution is 9.10. The van der Waals surface area contributed by atoms with E-state index in [1.165, 1.54) is 12.1 Å². The van der Waals surface area contributed by atoms with Crippen molar-refractivity contribution in [3.63, 3.8) is 0 Å². The van der Waals surface area contributed by atoms with Gasteiger partial charge in [-0.3, -0.25) is 10.1 Å². The Balaban J connectivity index is 2.10. The largest absolute Gasteiger partial charge is 0.489 e. The number of halogens is 1. The van der Waals surface area contributed by atoms with Gasteiger partial charge in [-0.25, -0.2) is 0 Å². The van der Waals surface area contributed by atoms with Crippen molar-refractivity contribution in [2.45, 2.75) is 6.61 Å². The number of hydrogen-bond donors (Lipinski definition) is 1. The number of non-ortho nitro benzene ring substituents is 1. The maximum Gasteiger partial charge on any atom is 0.270 e. The molecule has 2 rings (SSSR count). The zero-order chi connectivity index (χ0) is 13.8. The van der Waals surface area contributed by atoms with Crippen molar-refractivity contribution < 1.29 is 9.66 Å². The summed E-state index contributed by atoms with van der Waals surface area (Å²) < 4.78 is 6.22. The van der Waals surface area contributed by atoms with Crippen molar-refractivity contribution in [2.24, 2.45) is 0 Å². The summed E-state index contributed by atoms with van der Waals surface area (Å²) in [6.07, 6.45) is 0. The minimum absolute atomic E-state index is 0.0413. The molecule has 6 heteroatoms. The quantitative estimate of drug-likeness (QED) is 0.530. The van der Waals surface area contributed by atoms with Gasteiger partial charge in [0.05, 0.1) is 4.92 Å². The molecule has 0 aromatic heterocycles. The molecule has 0 amide bonds. The zero-order valence-corrected chi connectivity index (χ0v) is 11.5. The molecular formula is C13H11BrN2O3. The monoisotopic (exact) mass is 322 g/mol. The maximum absolute atomic E-state index is 10.6. The summed E-state index contributed by atoms with van der Waals surface area (Å²) >= 11 is 3.29. The van der Waals surface area contributed by atoms with Gasteiger partial charge >= 0.3 is 0 Å². The van der Waals surface area contributed by atoms with Gasteiger partial charge in [0.15, 0.2) is 0 Å². The van der Waals surface area contributed by atoms with Gasteiger partial charge in [-0.05, 0) is 18.2 Å². The third-order valence-corrected chi connectivity index (χ3v) is 3.24. The second kappa shape index (κ2) is 5.71. The summed E-state index contributed by atoms with van der Waals surface area (Å²) in [5, 5.41) is 10.6. The zero-order valence-electron chi connectivity index (χ0n) is 9.88. The van der Waals surface area contributed by atoms with Crippen LogP contribution in [0.15, 0.2) is 46.9 Å². The van der Waals surface area contributed by atoms with E-state index in [0.717, 1.165) is 5.56 Å². The molecule has 0 fully saturated rings. The van der Waals surface area contributed by atoms with E-state index in [0.29, 0.717) is 22.5 Å². The molecule has 2 aromatic carbocycles. The Morgan fingerprint density at radius 3 is 2.68 bits per heavy atom. The number of nitro groups is 1. The SMILES string of the molecule is Nc1cccc(OCc2ccc([N+](=O)[O-])cc2Br)c1. The maximum atomic E-state index is 10.6. The third-order valence-electron chi connectivity index (χ3n) is 2.50. The Kier molecular flexibility index (Phi) is 4.01. The molecular weight excluding hydrogens is 312 g/mol. The van der Waals surface area contributed by atoms with Gasteiger partial charge in [-0.15, -0.1) is 0 Å². The molecule has 0 atom stereocenters. The molecule has 0 saturated carbocycles. The van der Waals surface area contributed by atoms with E-state index in [2.05, 4.69) is 15.9 Å². The van der Waals surface area contributed by atoms with Crippen LogP contribution in [0.1, 0.15) is 5.56 Å². The minimum atomic E-state index is -0.437. The molecule has 0 aliphatic carbocycles. The number of nitro benzene ring substituents is 1. The van der Waals surface area contributed by atoms with Crippen LogP contribution in [0.3, 0.4) is 0 Å². The number of nitrogens with zero attached hydrogens (tertiary/aromatic N) is 1. The Morgan fingerprint density at radius 2 is 2.05 bits per heavy atom. The number of ether oxygens (including phenoxy) is 1. The van der Waals surface area contributed by atoms with Crippen molar-refractivity contribution >= 4 is 27.3 Å². The van der Waals surface area contributed by atoms with E-state index in [1.54, 1.807) is 30.3 Å². The van der Waals surface area contributed by atoms with E-state index < -0.39 is 4.92 Å². The Labute approximate surface area is 118 Å². The standard InChI is InChI=1S/C13H11BrN2O3/c14-13-7-11(16(17)18)5-4-9(13)8-19-12-3-1-2-10(15)6-12/h1-7H,8,15H2. The highest BCUT2D eigenvalue weighted by atomic mass is 79.9. The highest BCUT2D eigenvalue weighted by Crippen LogP contribution is 2.24. The first-order valence-electron chi connectivity index (χ1n) is 5.47. The van der Waals surface area contributed by atoms with Crippen LogP contribution in [-0.4, -0.2) is 4.92 Å². The second-order valence-electron chi connectivity index (χ2n) is 3.89. The average molecular weight is 323 g/mol. The molecule has 2 aromatic rings. The fraction of sp³-hybridized carbons (Fsp3) is 0.0769. The normalized spacial score (nSPS) is 10.2. The fourth-order valence-electron chi connectivity index (χ4n) is 1.53. The van der Waals surface area contributed by atoms with Crippen LogP contribution in [0.4, 0.5) is 11.4 Å². The van der Waals surface area contributed by atoms with Gasteiger partial charge in [0, 0.05) is 33.9 Å². The summed E-state index contributed by atoms with van der Waals surface area (Å²) in [5.41, 5.74) is 7.14. The molecule has 0 heterocycles. The summed E-state index contributed by atoms with van der Waals surface area (Å²) in [4.78, 5) is 10.2. The van der Waals surface area contributed by atoms with Crippen molar-refractivity contribution in [1.29, 1.82) is 0 Å². The second-order valence-corrected chi connectivity index (χ2v) is 4.75. The number of nitrogens with two attached hydrogens (primary N) is 1. The van der Waals surface area contributed by atoms with Gasteiger partial charge in [0.25, 0.3) is 5.69 Å². The molecule has 0 saturated heterocycles. The van der Waals surface area contributed by atoms with Crippen molar-refractivity contribution in [3.05, 3.63) is 62.6 Å². The lowest BCUT2D eigenvalue weighted by atomic mass is 10.2. The van der Waals surface area contributed by atoms with E-state index in [-0.39, 0.29) is 5.69 Å². The molecule has 0 bridgehead atoms. The molecule has 0 radical (unpaired) electrons. The van der Waals surface area contributed by atoms with Crippen LogP contribution < -0.4 is 10.5 Å². The Hall–Kier alpha value is -2.08. The van der Waals surface area contributed by atoms with Crippen LogP contribution in [0.25, 0.3) is 0 Å². The van der Waals surface area contributed by atoms with Crippen LogP contribution in [-0.2, 0) is 6.61 Å². The first kappa shape index (κ1) is 13.4. The Morgan fingerprint density at radius 1 is 1.26 bits per heavy atom. The predicted molar refractivity (Wildman–Crippen MR) is 76.0 cm³/mol. The minimum Gasteiger partial charge on any atom is -0.489 e.